The molecule has 0 aliphatic carbocycles. The first-order valence-corrected chi connectivity index (χ1v) is 6.22. The zero-order chi connectivity index (χ0) is 12.1. The van der Waals surface area contributed by atoms with Crippen LogP contribution in [0.5, 0.6) is 5.75 Å². The van der Waals surface area contributed by atoms with Gasteiger partial charge in [0.05, 0.1) is 17.5 Å². The van der Waals surface area contributed by atoms with Crippen molar-refractivity contribution >= 4 is 17.1 Å². The topological polar surface area (TPSA) is 39.2 Å². The molecule has 0 unspecified atom stereocenters. The van der Waals surface area contributed by atoms with Crippen LogP contribution in [0.3, 0.4) is 0 Å². The minimum Gasteiger partial charge on any atom is -0.497 e. The summed E-state index contributed by atoms with van der Waals surface area (Å²) < 4.78 is 5.08. The van der Waals surface area contributed by atoms with Gasteiger partial charge in [0.15, 0.2) is 5.78 Å². The molecule has 3 nitrogen and oxygen atoms in total. The van der Waals surface area contributed by atoms with Crippen molar-refractivity contribution in [1.82, 2.24) is 4.98 Å². The molecule has 0 bridgehead atoms. The van der Waals surface area contributed by atoms with Crippen molar-refractivity contribution in [2.75, 3.05) is 7.11 Å². The van der Waals surface area contributed by atoms with Gasteiger partial charge in [0.1, 0.15) is 5.75 Å². The van der Waals surface area contributed by atoms with Crippen molar-refractivity contribution in [1.29, 1.82) is 0 Å². The maximum absolute atomic E-state index is 11.7. The molecule has 1 aromatic carbocycles. The van der Waals surface area contributed by atoms with E-state index in [1.165, 1.54) is 11.3 Å². The number of aromatic nitrogens is 1. The SMILES string of the molecule is COc1ccc(CCC(=O)c2cncs2)cc1. The fraction of sp³-hybridized carbons (Fsp3) is 0.231. The third-order valence-corrected chi connectivity index (χ3v) is 3.32. The minimum absolute atomic E-state index is 0.156. The summed E-state index contributed by atoms with van der Waals surface area (Å²) in [5.74, 6) is 0.992. The molecule has 2 rings (SSSR count). The molecule has 0 spiro atoms. The van der Waals surface area contributed by atoms with E-state index < -0.39 is 0 Å². The first kappa shape index (κ1) is 11.8. The van der Waals surface area contributed by atoms with Crippen molar-refractivity contribution in [2.45, 2.75) is 12.8 Å². The van der Waals surface area contributed by atoms with Gasteiger partial charge >= 0.3 is 0 Å². The summed E-state index contributed by atoms with van der Waals surface area (Å²) in [5, 5.41) is 0. The van der Waals surface area contributed by atoms with Gasteiger partial charge in [-0.15, -0.1) is 11.3 Å². The number of carbonyl (C=O) groups is 1. The number of hydrogen-bond donors (Lipinski definition) is 0. The molecule has 0 aliphatic heterocycles. The standard InChI is InChI=1S/C13H13NO2S/c1-16-11-5-2-10(3-6-11)4-7-12(15)13-8-14-9-17-13/h2-3,5-6,8-9H,4,7H2,1H3. The third kappa shape index (κ3) is 3.14. The van der Waals surface area contributed by atoms with Gasteiger partial charge in [0.2, 0.25) is 0 Å². The number of benzene rings is 1. The summed E-state index contributed by atoms with van der Waals surface area (Å²) in [5.41, 5.74) is 2.82. The smallest absolute Gasteiger partial charge is 0.174 e. The molecule has 0 atom stereocenters. The Bertz CT molecular complexity index is 477. The number of methoxy groups -OCH3 is 1. The van der Waals surface area contributed by atoms with E-state index in [2.05, 4.69) is 4.98 Å². The Balaban J connectivity index is 1.91. The quantitative estimate of drug-likeness (QED) is 0.762. The molecule has 0 aliphatic rings. The molecule has 1 aromatic heterocycles. The van der Waals surface area contributed by atoms with Crippen LogP contribution in [0, 0.1) is 0 Å². The number of rotatable bonds is 5. The van der Waals surface area contributed by atoms with Crippen molar-refractivity contribution in [3.8, 4) is 5.75 Å². The van der Waals surface area contributed by atoms with E-state index >= 15 is 0 Å². The molecule has 2 aromatic rings. The monoisotopic (exact) mass is 247 g/mol. The minimum atomic E-state index is 0.156. The molecule has 0 saturated carbocycles. The van der Waals surface area contributed by atoms with Gasteiger partial charge in [-0.1, -0.05) is 12.1 Å². The predicted molar refractivity (Wildman–Crippen MR) is 67.8 cm³/mol. The summed E-state index contributed by atoms with van der Waals surface area (Å²) in [7, 11) is 1.64. The molecule has 0 radical (unpaired) electrons. The highest BCUT2D eigenvalue weighted by Crippen LogP contribution is 2.15. The first-order valence-electron chi connectivity index (χ1n) is 5.34. The van der Waals surface area contributed by atoms with Crippen LogP contribution in [0.2, 0.25) is 0 Å². The largest absolute Gasteiger partial charge is 0.497 e. The van der Waals surface area contributed by atoms with Crippen LogP contribution in [0.1, 0.15) is 21.7 Å². The number of hydrogen-bond acceptors (Lipinski definition) is 4. The number of carbonyl (C=O) groups excluding carboxylic acids is 1. The second kappa shape index (κ2) is 5.59. The van der Waals surface area contributed by atoms with E-state index in [9.17, 15) is 4.79 Å². The number of ketones is 1. The third-order valence-electron chi connectivity index (χ3n) is 2.51. The van der Waals surface area contributed by atoms with Gasteiger partial charge in [0.25, 0.3) is 0 Å². The van der Waals surface area contributed by atoms with Crippen LogP contribution < -0.4 is 4.74 Å². The van der Waals surface area contributed by atoms with E-state index in [4.69, 9.17) is 4.74 Å². The Kier molecular flexibility index (Phi) is 3.88. The normalized spacial score (nSPS) is 10.2. The van der Waals surface area contributed by atoms with E-state index in [-0.39, 0.29) is 5.78 Å². The maximum Gasteiger partial charge on any atom is 0.174 e. The lowest BCUT2D eigenvalue weighted by atomic mass is 10.1. The molecule has 17 heavy (non-hydrogen) atoms. The molecular formula is C13H13NO2S. The lowest BCUT2D eigenvalue weighted by Crippen LogP contribution is -1.98. The zero-order valence-corrected chi connectivity index (χ0v) is 10.4. The summed E-state index contributed by atoms with van der Waals surface area (Å²) >= 11 is 1.39. The molecule has 0 saturated heterocycles. The average molecular weight is 247 g/mol. The molecule has 0 N–H and O–H groups in total. The zero-order valence-electron chi connectivity index (χ0n) is 9.55. The second-order valence-electron chi connectivity index (χ2n) is 3.64. The highest BCUT2D eigenvalue weighted by molar-refractivity contribution is 7.11. The highest BCUT2D eigenvalue weighted by atomic mass is 32.1. The first-order chi connectivity index (χ1) is 8.29. The predicted octanol–water partition coefficient (Wildman–Crippen LogP) is 2.97. The fourth-order valence-electron chi connectivity index (χ4n) is 1.53. The number of thiazole rings is 1. The fourth-order valence-corrected chi connectivity index (χ4v) is 2.12. The number of aryl methyl sites for hydroxylation is 1. The number of nitrogens with zero attached hydrogens (tertiary/aromatic N) is 1. The van der Waals surface area contributed by atoms with Gasteiger partial charge < -0.3 is 4.74 Å². The molecule has 0 fully saturated rings. The summed E-state index contributed by atoms with van der Waals surface area (Å²) in [4.78, 5) is 16.4. The van der Waals surface area contributed by atoms with Gasteiger partial charge in [-0.2, -0.15) is 0 Å². The lowest BCUT2D eigenvalue weighted by Gasteiger charge is -2.02. The highest BCUT2D eigenvalue weighted by Gasteiger charge is 2.07. The van der Waals surface area contributed by atoms with E-state index in [1.807, 2.05) is 24.3 Å². The van der Waals surface area contributed by atoms with E-state index in [0.29, 0.717) is 6.42 Å². The Morgan fingerprint density at radius 1 is 1.35 bits per heavy atom. The average Bonchev–Trinajstić information content (AvgIpc) is 2.90. The van der Waals surface area contributed by atoms with Crippen molar-refractivity contribution in [3.05, 3.63) is 46.4 Å². The Morgan fingerprint density at radius 3 is 2.71 bits per heavy atom. The van der Waals surface area contributed by atoms with Gasteiger partial charge in [0, 0.05) is 12.6 Å². The lowest BCUT2D eigenvalue weighted by molar-refractivity contribution is 0.0986. The molecule has 0 amide bonds. The van der Waals surface area contributed by atoms with Crippen LogP contribution in [-0.4, -0.2) is 17.9 Å². The van der Waals surface area contributed by atoms with Crippen LogP contribution >= 0.6 is 11.3 Å². The summed E-state index contributed by atoms with van der Waals surface area (Å²) in [6.45, 7) is 0. The van der Waals surface area contributed by atoms with Crippen molar-refractivity contribution < 1.29 is 9.53 Å². The maximum atomic E-state index is 11.7. The van der Waals surface area contributed by atoms with Crippen LogP contribution in [0.25, 0.3) is 0 Å². The Hall–Kier alpha value is -1.68. The van der Waals surface area contributed by atoms with E-state index in [1.54, 1.807) is 18.8 Å². The summed E-state index contributed by atoms with van der Waals surface area (Å²) in [6.07, 6.45) is 2.90. The van der Waals surface area contributed by atoms with Gasteiger partial charge in [-0.3, -0.25) is 9.78 Å². The van der Waals surface area contributed by atoms with Crippen molar-refractivity contribution in [2.24, 2.45) is 0 Å². The van der Waals surface area contributed by atoms with Gasteiger partial charge in [-0.05, 0) is 24.1 Å². The molecule has 88 valence electrons. The van der Waals surface area contributed by atoms with Crippen LogP contribution in [-0.2, 0) is 6.42 Å². The van der Waals surface area contributed by atoms with E-state index in [0.717, 1.165) is 22.6 Å². The Morgan fingerprint density at radius 2 is 2.12 bits per heavy atom. The number of ether oxygens (including phenoxy) is 1. The van der Waals surface area contributed by atoms with Crippen LogP contribution in [0.15, 0.2) is 36.0 Å². The molecular weight excluding hydrogens is 234 g/mol. The van der Waals surface area contributed by atoms with Crippen molar-refractivity contribution in [3.63, 3.8) is 0 Å². The molecule has 1 heterocycles. The van der Waals surface area contributed by atoms with Gasteiger partial charge in [-0.25, -0.2) is 0 Å². The number of Topliss-reactive ketones (excluding diaryl/α,β-unsaturated/α-hetero) is 1. The molecule has 4 heteroatoms. The second-order valence-corrected chi connectivity index (χ2v) is 4.52. The van der Waals surface area contributed by atoms with Crippen LogP contribution in [0.4, 0.5) is 0 Å². The summed E-state index contributed by atoms with van der Waals surface area (Å²) in [6, 6.07) is 7.79. The Labute approximate surface area is 104 Å².